The van der Waals surface area contributed by atoms with Gasteiger partial charge in [-0.1, -0.05) is 12.1 Å². The second-order valence-electron chi connectivity index (χ2n) is 4.23. The van der Waals surface area contributed by atoms with Crippen molar-refractivity contribution in [3.05, 3.63) is 46.8 Å². The first-order chi connectivity index (χ1) is 9.25. The molecule has 98 valence electrons. The molecule has 0 radical (unpaired) electrons. The van der Waals surface area contributed by atoms with Crippen molar-refractivity contribution in [1.82, 2.24) is 0 Å². The molecule has 2 heterocycles. The number of hydrogen-bond acceptors (Lipinski definition) is 3. The number of carbonyl (C=O) groups excluding carboxylic acids is 1. The number of furan rings is 1. The highest BCUT2D eigenvalue weighted by Gasteiger charge is 2.24. The third-order valence-electron chi connectivity index (χ3n) is 2.97. The normalized spacial score (nSPS) is 14.9. The fourth-order valence-electron chi connectivity index (χ4n) is 2.10. The average Bonchev–Trinajstić information content (AvgIpc) is 2.74. The highest BCUT2D eigenvalue weighted by atomic mass is 79.9. The molecule has 0 aliphatic carbocycles. The molecule has 0 spiro atoms. The molecule has 1 aromatic heterocycles. The Morgan fingerprint density at radius 1 is 1.26 bits per heavy atom. The lowest BCUT2D eigenvalue weighted by Crippen LogP contribution is -2.31. The molecule has 0 N–H and O–H groups in total. The molecule has 0 atom stereocenters. The molecule has 2 aromatic rings. The van der Waals surface area contributed by atoms with Crippen molar-refractivity contribution < 1.29 is 9.21 Å². The Morgan fingerprint density at radius 2 is 2.11 bits per heavy atom. The Balaban J connectivity index is 1.98. The molecular formula is C14H12BrNO2S. The van der Waals surface area contributed by atoms with Crippen molar-refractivity contribution in [2.45, 2.75) is 11.3 Å². The maximum atomic E-state index is 12.5. The van der Waals surface area contributed by atoms with Crippen LogP contribution in [0.2, 0.25) is 0 Å². The van der Waals surface area contributed by atoms with Gasteiger partial charge in [0.25, 0.3) is 5.91 Å². The molecule has 3 rings (SSSR count). The van der Waals surface area contributed by atoms with E-state index >= 15 is 0 Å². The SMILES string of the molecule is O=C(c1ccc(Br)o1)N1CCCSc2ccccc21. The Labute approximate surface area is 124 Å². The molecule has 1 amide bonds. The lowest BCUT2D eigenvalue weighted by molar-refractivity contribution is 0.0959. The second kappa shape index (κ2) is 5.43. The molecule has 5 heteroatoms. The molecule has 19 heavy (non-hydrogen) atoms. The number of hydrogen-bond donors (Lipinski definition) is 0. The summed E-state index contributed by atoms with van der Waals surface area (Å²) >= 11 is 5.03. The maximum Gasteiger partial charge on any atom is 0.294 e. The number of fused-ring (bicyclic) bond motifs is 1. The van der Waals surface area contributed by atoms with Gasteiger partial charge < -0.3 is 9.32 Å². The zero-order valence-corrected chi connectivity index (χ0v) is 12.5. The lowest BCUT2D eigenvalue weighted by atomic mass is 10.2. The molecule has 3 nitrogen and oxygen atoms in total. The second-order valence-corrected chi connectivity index (χ2v) is 6.15. The van der Waals surface area contributed by atoms with Crippen molar-refractivity contribution in [3.63, 3.8) is 0 Å². The zero-order chi connectivity index (χ0) is 13.2. The van der Waals surface area contributed by atoms with E-state index in [1.54, 1.807) is 28.8 Å². The molecule has 1 aliphatic heterocycles. The number of rotatable bonds is 1. The summed E-state index contributed by atoms with van der Waals surface area (Å²) in [6.45, 7) is 0.723. The number of amides is 1. The highest BCUT2D eigenvalue weighted by molar-refractivity contribution is 9.10. The van der Waals surface area contributed by atoms with Gasteiger partial charge in [0.2, 0.25) is 0 Å². The van der Waals surface area contributed by atoms with Gasteiger partial charge in [0.15, 0.2) is 10.4 Å². The first-order valence-corrected chi connectivity index (χ1v) is 7.82. The van der Waals surface area contributed by atoms with Crippen LogP contribution in [-0.2, 0) is 0 Å². The van der Waals surface area contributed by atoms with Gasteiger partial charge in [0.05, 0.1) is 5.69 Å². The molecule has 0 bridgehead atoms. The summed E-state index contributed by atoms with van der Waals surface area (Å²) in [5.74, 6) is 1.32. The van der Waals surface area contributed by atoms with E-state index in [9.17, 15) is 4.79 Å². The van der Waals surface area contributed by atoms with Crippen LogP contribution in [-0.4, -0.2) is 18.2 Å². The monoisotopic (exact) mass is 337 g/mol. The van der Waals surface area contributed by atoms with E-state index in [1.165, 1.54) is 0 Å². The summed E-state index contributed by atoms with van der Waals surface area (Å²) < 4.78 is 5.95. The quantitative estimate of drug-likeness (QED) is 0.782. The van der Waals surface area contributed by atoms with Crippen molar-refractivity contribution in [2.24, 2.45) is 0 Å². The number of benzene rings is 1. The van der Waals surface area contributed by atoms with Gasteiger partial charge in [-0.15, -0.1) is 11.8 Å². The third-order valence-corrected chi connectivity index (χ3v) is 4.54. The van der Waals surface area contributed by atoms with Crippen molar-refractivity contribution >= 4 is 39.3 Å². The van der Waals surface area contributed by atoms with E-state index in [1.807, 2.05) is 18.2 Å². The third kappa shape index (κ3) is 2.58. The topological polar surface area (TPSA) is 33.5 Å². The van der Waals surface area contributed by atoms with E-state index in [0.717, 1.165) is 29.3 Å². The highest BCUT2D eigenvalue weighted by Crippen LogP contribution is 2.34. The predicted molar refractivity (Wildman–Crippen MR) is 79.9 cm³/mol. The van der Waals surface area contributed by atoms with E-state index in [2.05, 4.69) is 22.0 Å². The summed E-state index contributed by atoms with van der Waals surface area (Å²) in [6, 6.07) is 11.5. The summed E-state index contributed by atoms with van der Waals surface area (Å²) in [4.78, 5) is 15.5. The van der Waals surface area contributed by atoms with Gasteiger partial charge in [-0.3, -0.25) is 4.79 Å². The molecule has 0 unspecified atom stereocenters. The van der Waals surface area contributed by atoms with Crippen molar-refractivity contribution in [1.29, 1.82) is 0 Å². The Kier molecular flexibility index (Phi) is 3.66. The lowest BCUT2D eigenvalue weighted by Gasteiger charge is -2.21. The summed E-state index contributed by atoms with van der Waals surface area (Å²) in [6.07, 6.45) is 0.979. The van der Waals surface area contributed by atoms with Gasteiger partial charge in [0, 0.05) is 11.4 Å². The molecule has 1 aliphatic rings. The smallest absolute Gasteiger partial charge is 0.294 e. The first kappa shape index (κ1) is 12.8. The number of nitrogens with zero attached hydrogens (tertiary/aromatic N) is 1. The zero-order valence-electron chi connectivity index (χ0n) is 10.1. The van der Waals surface area contributed by atoms with Crippen LogP contribution >= 0.6 is 27.7 Å². The number of thioether (sulfide) groups is 1. The molecule has 0 fully saturated rings. The maximum absolute atomic E-state index is 12.5. The van der Waals surface area contributed by atoms with E-state index < -0.39 is 0 Å². The summed E-state index contributed by atoms with van der Waals surface area (Å²) in [5.41, 5.74) is 0.975. The minimum Gasteiger partial charge on any atom is -0.444 e. The van der Waals surface area contributed by atoms with E-state index in [-0.39, 0.29) is 5.91 Å². The average molecular weight is 338 g/mol. The minimum absolute atomic E-state index is 0.0827. The first-order valence-electron chi connectivity index (χ1n) is 6.05. The summed E-state index contributed by atoms with van der Waals surface area (Å²) in [7, 11) is 0. The van der Waals surface area contributed by atoms with Crippen LogP contribution in [0.1, 0.15) is 17.0 Å². The molecule has 1 aromatic carbocycles. The number of halogens is 1. The Morgan fingerprint density at radius 3 is 2.89 bits per heavy atom. The van der Waals surface area contributed by atoms with Crippen LogP contribution in [0.25, 0.3) is 0 Å². The van der Waals surface area contributed by atoms with Gasteiger partial charge in [-0.2, -0.15) is 0 Å². The number of anilines is 1. The summed E-state index contributed by atoms with van der Waals surface area (Å²) in [5, 5.41) is 0. The van der Waals surface area contributed by atoms with E-state index in [4.69, 9.17) is 4.42 Å². The van der Waals surface area contributed by atoms with Crippen LogP contribution in [0.15, 0.2) is 50.4 Å². The Hall–Kier alpha value is -1.20. The fraction of sp³-hybridized carbons (Fsp3) is 0.214. The largest absolute Gasteiger partial charge is 0.444 e. The number of carbonyl (C=O) groups is 1. The minimum atomic E-state index is -0.0827. The van der Waals surface area contributed by atoms with E-state index in [0.29, 0.717) is 10.4 Å². The van der Waals surface area contributed by atoms with Gasteiger partial charge in [-0.05, 0) is 52.4 Å². The van der Waals surface area contributed by atoms with Crippen LogP contribution in [0.5, 0.6) is 0 Å². The standard InChI is InChI=1S/C14H12BrNO2S/c15-13-7-6-11(18-13)14(17)16-8-3-9-19-12-5-2-1-4-10(12)16/h1-2,4-7H,3,8-9H2. The van der Waals surface area contributed by atoms with Crippen LogP contribution in [0.4, 0.5) is 5.69 Å². The van der Waals surface area contributed by atoms with Crippen molar-refractivity contribution in [2.75, 3.05) is 17.2 Å². The van der Waals surface area contributed by atoms with Gasteiger partial charge in [-0.25, -0.2) is 0 Å². The van der Waals surface area contributed by atoms with Crippen LogP contribution in [0.3, 0.4) is 0 Å². The fourth-order valence-corrected chi connectivity index (χ4v) is 3.40. The molecular weight excluding hydrogens is 326 g/mol. The van der Waals surface area contributed by atoms with Crippen LogP contribution < -0.4 is 4.90 Å². The van der Waals surface area contributed by atoms with Crippen LogP contribution in [0, 0.1) is 0 Å². The number of para-hydroxylation sites is 1. The Bertz CT molecular complexity index is 611. The molecule has 0 saturated carbocycles. The van der Waals surface area contributed by atoms with Gasteiger partial charge in [0.1, 0.15) is 0 Å². The van der Waals surface area contributed by atoms with Gasteiger partial charge >= 0.3 is 0 Å². The van der Waals surface area contributed by atoms with Crippen molar-refractivity contribution in [3.8, 4) is 0 Å². The predicted octanol–water partition coefficient (Wildman–Crippen LogP) is 4.18. The molecule has 0 saturated heterocycles.